The summed E-state index contributed by atoms with van der Waals surface area (Å²) >= 11 is 0. The van der Waals surface area contributed by atoms with Crippen molar-refractivity contribution in [3.63, 3.8) is 0 Å². The molecule has 0 spiro atoms. The number of ether oxygens (including phenoxy) is 1. The molecule has 0 fully saturated rings. The molecule has 0 atom stereocenters. The second-order valence-electron chi connectivity index (χ2n) is 6.03. The number of hydrogen-bond acceptors (Lipinski definition) is 6. The van der Waals surface area contributed by atoms with Gasteiger partial charge in [-0.25, -0.2) is 5.43 Å². The summed E-state index contributed by atoms with van der Waals surface area (Å²) in [6.07, 6.45) is 3.60. The lowest BCUT2D eigenvalue weighted by atomic mass is 10.2. The molecule has 0 saturated heterocycles. The van der Waals surface area contributed by atoms with Gasteiger partial charge in [-0.1, -0.05) is 18.2 Å². The van der Waals surface area contributed by atoms with Crippen LogP contribution in [-0.4, -0.2) is 38.5 Å². The van der Waals surface area contributed by atoms with Gasteiger partial charge < -0.3 is 14.7 Å². The summed E-state index contributed by atoms with van der Waals surface area (Å²) in [5.74, 6) is 1.13. The third-order valence-electron chi connectivity index (χ3n) is 4.41. The molecule has 3 N–H and O–H groups in total. The van der Waals surface area contributed by atoms with Crippen LogP contribution in [0.15, 0.2) is 53.8 Å². The number of benzene rings is 2. The standard InChI is InChI=1S/C19H15N7O/c1-27-12-6-7-13-11(9-20-16(13)8-12)10-21-25-19-23-18-17(24-26-19)14-4-2-3-5-15(14)22-18/h2-10,20H,1H3,(H2,22,23,25,26). The molecule has 3 aromatic heterocycles. The van der Waals surface area contributed by atoms with E-state index in [1.807, 2.05) is 48.7 Å². The van der Waals surface area contributed by atoms with Crippen LogP contribution in [-0.2, 0) is 0 Å². The van der Waals surface area contributed by atoms with Crippen molar-refractivity contribution >= 4 is 45.1 Å². The molecule has 27 heavy (non-hydrogen) atoms. The molecule has 0 unspecified atom stereocenters. The number of nitrogens with one attached hydrogen (secondary N) is 3. The molecule has 0 aliphatic carbocycles. The van der Waals surface area contributed by atoms with Crippen molar-refractivity contribution < 1.29 is 4.74 Å². The molecule has 0 bridgehead atoms. The number of anilines is 1. The molecule has 2 aromatic carbocycles. The van der Waals surface area contributed by atoms with Crippen molar-refractivity contribution in [3.8, 4) is 5.75 Å². The van der Waals surface area contributed by atoms with E-state index in [2.05, 4.69) is 35.7 Å². The quantitative estimate of drug-likeness (QED) is 0.338. The number of fused-ring (bicyclic) bond motifs is 4. The second-order valence-corrected chi connectivity index (χ2v) is 6.03. The van der Waals surface area contributed by atoms with E-state index in [0.717, 1.165) is 38.6 Å². The number of aromatic nitrogens is 5. The van der Waals surface area contributed by atoms with Gasteiger partial charge in [-0.05, 0) is 18.2 Å². The van der Waals surface area contributed by atoms with Gasteiger partial charge in [0.15, 0.2) is 5.65 Å². The fraction of sp³-hybridized carbons (Fsp3) is 0.0526. The minimum Gasteiger partial charge on any atom is -0.497 e. The van der Waals surface area contributed by atoms with Gasteiger partial charge in [0.1, 0.15) is 11.3 Å². The van der Waals surface area contributed by atoms with Crippen LogP contribution in [0.3, 0.4) is 0 Å². The van der Waals surface area contributed by atoms with Crippen molar-refractivity contribution in [2.75, 3.05) is 12.5 Å². The Morgan fingerprint density at radius 1 is 1.07 bits per heavy atom. The molecule has 3 heterocycles. The highest BCUT2D eigenvalue weighted by Crippen LogP contribution is 2.23. The molecule has 5 aromatic rings. The van der Waals surface area contributed by atoms with Crippen molar-refractivity contribution in [3.05, 3.63) is 54.2 Å². The van der Waals surface area contributed by atoms with E-state index in [0.29, 0.717) is 11.6 Å². The van der Waals surface area contributed by atoms with Gasteiger partial charge in [0.05, 0.1) is 13.3 Å². The SMILES string of the molecule is COc1ccc2c(C=NNc3nnc4c(n3)[nH]c3ccccc34)c[nH]c2c1. The van der Waals surface area contributed by atoms with Crippen LogP contribution < -0.4 is 10.2 Å². The van der Waals surface area contributed by atoms with Gasteiger partial charge in [-0.15, -0.1) is 10.2 Å². The Bertz CT molecular complexity index is 1300. The van der Waals surface area contributed by atoms with Crippen LogP contribution in [0.25, 0.3) is 33.0 Å². The monoisotopic (exact) mass is 357 g/mol. The maximum absolute atomic E-state index is 5.24. The molecule has 0 saturated carbocycles. The summed E-state index contributed by atoms with van der Waals surface area (Å²) in [5, 5.41) is 14.6. The molecule has 0 aliphatic heterocycles. The van der Waals surface area contributed by atoms with E-state index in [1.165, 1.54) is 0 Å². The molecule has 0 radical (unpaired) electrons. The molecular weight excluding hydrogens is 342 g/mol. The Morgan fingerprint density at radius 3 is 2.93 bits per heavy atom. The lowest BCUT2D eigenvalue weighted by molar-refractivity contribution is 0.415. The Hall–Kier alpha value is -3.94. The maximum Gasteiger partial charge on any atom is 0.265 e. The number of para-hydroxylation sites is 1. The summed E-state index contributed by atoms with van der Waals surface area (Å²) < 4.78 is 5.24. The van der Waals surface area contributed by atoms with Gasteiger partial charge >= 0.3 is 0 Å². The first-order valence-electron chi connectivity index (χ1n) is 8.37. The van der Waals surface area contributed by atoms with Crippen molar-refractivity contribution in [1.82, 2.24) is 25.1 Å². The first-order valence-corrected chi connectivity index (χ1v) is 8.37. The Morgan fingerprint density at radius 2 is 2.00 bits per heavy atom. The zero-order valence-corrected chi connectivity index (χ0v) is 14.4. The maximum atomic E-state index is 5.24. The fourth-order valence-electron chi connectivity index (χ4n) is 3.09. The number of nitrogens with zero attached hydrogens (tertiary/aromatic N) is 4. The molecule has 8 nitrogen and oxygen atoms in total. The smallest absolute Gasteiger partial charge is 0.265 e. The van der Waals surface area contributed by atoms with E-state index in [9.17, 15) is 0 Å². The number of rotatable bonds is 4. The molecule has 8 heteroatoms. The average molecular weight is 357 g/mol. The van der Waals surface area contributed by atoms with E-state index in [1.54, 1.807) is 13.3 Å². The van der Waals surface area contributed by atoms with Crippen LogP contribution in [0.5, 0.6) is 5.75 Å². The van der Waals surface area contributed by atoms with Crippen LogP contribution in [0.4, 0.5) is 5.95 Å². The lowest BCUT2D eigenvalue weighted by Gasteiger charge is -1.99. The third kappa shape index (κ3) is 2.63. The van der Waals surface area contributed by atoms with Crippen molar-refractivity contribution in [1.29, 1.82) is 0 Å². The zero-order chi connectivity index (χ0) is 18.2. The second kappa shape index (κ2) is 6.10. The molecule has 5 rings (SSSR count). The number of H-pyrrole nitrogens is 2. The zero-order valence-electron chi connectivity index (χ0n) is 14.4. The fourth-order valence-corrected chi connectivity index (χ4v) is 3.09. The normalized spacial score (nSPS) is 11.7. The molecule has 0 amide bonds. The predicted octanol–water partition coefficient (Wildman–Crippen LogP) is 3.44. The van der Waals surface area contributed by atoms with Crippen LogP contribution in [0.2, 0.25) is 0 Å². The molecular formula is C19H15N7O. The topological polar surface area (TPSA) is 104 Å². The van der Waals surface area contributed by atoms with Crippen molar-refractivity contribution in [2.24, 2.45) is 5.10 Å². The average Bonchev–Trinajstić information content (AvgIpc) is 3.28. The Labute approximate surface area is 153 Å². The predicted molar refractivity (Wildman–Crippen MR) is 105 cm³/mol. The minimum absolute atomic E-state index is 0.326. The van der Waals surface area contributed by atoms with Gasteiger partial charge in [0.25, 0.3) is 5.95 Å². The first-order chi connectivity index (χ1) is 13.3. The van der Waals surface area contributed by atoms with Crippen molar-refractivity contribution in [2.45, 2.75) is 0 Å². The van der Waals surface area contributed by atoms with Gasteiger partial charge in [0, 0.05) is 39.6 Å². The summed E-state index contributed by atoms with van der Waals surface area (Å²) in [7, 11) is 1.65. The number of aromatic amines is 2. The summed E-state index contributed by atoms with van der Waals surface area (Å²) in [5.41, 5.74) is 7.14. The highest BCUT2D eigenvalue weighted by molar-refractivity contribution is 6.03. The molecule has 132 valence electrons. The number of methoxy groups -OCH3 is 1. The third-order valence-corrected chi connectivity index (χ3v) is 4.41. The number of hydrogen-bond donors (Lipinski definition) is 3. The van der Waals surface area contributed by atoms with Gasteiger partial charge in [-0.3, -0.25) is 0 Å². The molecule has 0 aliphatic rings. The summed E-state index contributed by atoms with van der Waals surface area (Å²) in [6, 6.07) is 13.7. The Balaban J connectivity index is 1.41. The largest absolute Gasteiger partial charge is 0.497 e. The van der Waals surface area contributed by atoms with E-state index in [-0.39, 0.29) is 0 Å². The van der Waals surface area contributed by atoms with Gasteiger partial charge in [-0.2, -0.15) is 10.1 Å². The van der Waals surface area contributed by atoms with Gasteiger partial charge in [0.2, 0.25) is 0 Å². The minimum atomic E-state index is 0.326. The lowest BCUT2D eigenvalue weighted by Crippen LogP contribution is -1.98. The van der Waals surface area contributed by atoms with E-state index >= 15 is 0 Å². The first kappa shape index (κ1) is 15.3. The highest BCUT2D eigenvalue weighted by Gasteiger charge is 2.08. The Kier molecular flexibility index (Phi) is 3.46. The van der Waals surface area contributed by atoms with Crippen LogP contribution in [0, 0.1) is 0 Å². The summed E-state index contributed by atoms with van der Waals surface area (Å²) in [6.45, 7) is 0. The van der Waals surface area contributed by atoms with E-state index < -0.39 is 0 Å². The van der Waals surface area contributed by atoms with E-state index in [4.69, 9.17) is 4.74 Å². The highest BCUT2D eigenvalue weighted by atomic mass is 16.5. The summed E-state index contributed by atoms with van der Waals surface area (Å²) in [4.78, 5) is 10.9. The van der Waals surface area contributed by atoms with Crippen LogP contribution >= 0.6 is 0 Å². The number of hydrazone groups is 1. The van der Waals surface area contributed by atoms with Crippen LogP contribution in [0.1, 0.15) is 5.56 Å².